The van der Waals surface area contributed by atoms with Gasteiger partial charge in [-0.1, -0.05) is 33.1 Å². The van der Waals surface area contributed by atoms with Gasteiger partial charge >= 0.3 is 0 Å². The Morgan fingerprint density at radius 2 is 0.882 bits per heavy atom. The van der Waals surface area contributed by atoms with Crippen LogP contribution in [0.25, 0.3) is 0 Å². The first kappa shape index (κ1) is 21.4. The summed E-state index contributed by atoms with van der Waals surface area (Å²) < 4.78 is 0. The Labute approximate surface area is 111 Å². The van der Waals surface area contributed by atoms with Gasteiger partial charge in [-0.15, -0.1) is 11.8 Å². The number of hydrogen-bond acceptors (Lipinski definition) is 0. The van der Waals surface area contributed by atoms with E-state index >= 15 is 0 Å². The fraction of sp³-hybridized carbons (Fsp3) is 0.765. The van der Waals surface area contributed by atoms with Crippen LogP contribution in [0, 0.1) is 34.5 Å². The first-order valence-electron chi connectivity index (χ1n) is 6.12. The molecule has 0 fully saturated rings. The molecule has 0 heteroatoms. The normalized spacial score (nSPS) is 9.41. The average Bonchev–Trinajstić information content (AvgIpc) is 2.10. The molecule has 0 spiro atoms. The molecule has 0 saturated carbocycles. The van der Waals surface area contributed by atoms with E-state index in [4.69, 9.17) is 0 Å². The van der Waals surface area contributed by atoms with Crippen LogP contribution in [0.5, 0.6) is 0 Å². The summed E-state index contributed by atoms with van der Waals surface area (Å²) in [5.74, 6) is 12.3. The minimum Gasteiger partial charge on any atom is -0.103 e. The van der Waals surface area contributed by atoms with Crippen molar-refractivity contribution in [3.05, 3.63) is 0 Å². The largest absolute Gasteiger partial charge is 0.103 e. The number of rotatable bonds is 0. The second kappa shape index (κ2) is 10.3. The Morgan fingerprint density at radius 1 is 0.647 bits per heavy atom. The van der Waals surface area contributed by atoms with Crippen LogP contribution in [-0.2, 0) is 0 Å². The van der Waals surface area contributed by atoms with E-state index in [0.717, 1.165) is 12.8 Å². The zero-order valence-electron chi connectivity index (χ0n) is 12.4. The molecule has 0 aromatic carbocycles. The average molecular weight is 236 g/mol. The molecule has 0 N–H and O–H groups in total. The smallest absolute Gasteiger partial charge is 0.0230 e. The van der Waals surface area contributed by atoms with Crippen LogP contribution in [0.4, 0.5) is 0 Å². The SMILES string of the molecule is C.CCC#CC(C)(C)C.CCC#CC(C)(C)C. The Kier molecular flexibility index (Phi) is 13.0. The van der Waals surface area contributed by atoms with Crippen molar-refractivity contribution < 1.29 is 0 Å². The van der Waals surface area contributed by atoms with Gasteiger partial charge in [0.05, 0.1) is 0 Å². The van der Waals surface area contributed by atoms with Gasteiger partial charge in [0.25, 0.3) is 0 Å². The minimum atomic E-state index is 0. The predicted octanol–water partition coefficient (Wildman–Crippen LogP) is 5.53. The molecule has 0 nitrogen and oxygen atoms in total. The number of hydrogen-bond donors (Lipinski definition) is 0. The maximum absolute atomic E-state index is 3.12. The van der Waals surface area contributed by atoms with Crippen molar-refractivity contribution in [1.29, 1.82) is 0 Å². The summed E-state index contributed by atoms with van der Waals surface area (Å²) in [7, 11) is 0. The summed E-state index contributed by atoms with van der Waals surface area (Å²) in [6.45, 7) is 16.9. The highest BCUT2D eigenvalue weighted by Crippen LogP contribution is 2.10. The zero-order valence-corrected chi connectivity index (χ0v) is 12.4. The summed E-state index contributed by atoms with van der Waals surface area (Å²) in [4.78, 5) is 0. The minimum absolute atomic E-state index is 0. The van der Waals surface area contributed by atoms with Crippen molar-refractivity contribution in [1.82, 2.24) is 0 Å². The molecular weight excluding hydrogens is 204 g/mol. The van der Waals surface area contributed by atoms with Crippen molar-refractivity contribution in [2.24, 2.45) is 10.8 Å². The maximum Gasteiger partial charge on any atom is 0.0230 e. The topological polar surface area (TPSA) is 0 Å². The molecule has 0 aliphatic heterocycles. The van der Waals surface area contributed by atoms with Crippen molar-refractivity contribution >= 4 is 0 Å². The summed E-state index contributed by atoms with van der Waals surface area (Å²) in [5.41, 5.74) is 0.381. The van der Waals surface area contributed by atoms with Crippen molar-refractivity contribution in [2.45, 2.75) is 75.7 Å². The first-order chi connectivity index (χ1) is 7.12. The Bertz CT molecular complexity index is 240. The highest BCUT2D eigenvalue weighted by molar-refractivity contribution is 5.06. The third kappa shape index (κ3) is 31.3. The second-order valence-electron chi connectivity index (χ2n) is 5.81. The van der Waals surface area contributed by atoms with Crippen LogP contribution >= 0.6 is 0 Å². The molecule has 0 unspecified atom stereocenters. The lowest BCUT2D eigenvalue weighted by molar-refractivity contribution is 0.570. The van der Waals surface area contributed by atoms with E-state index in [0.29, 0.717) is 0 Å². The van der Waals surface area contributed by atoms with Gasteiger partial charge < -0.3 is 0 Å². The lowest BCUT2D eigenvalue weighted by Gasteiger charge is -2.06. The molecule has 17 heavy (non-hydrogen) atoms. The molecule has 0 aromatic rings. The van der Waals surface area contributed by atoms with Gasteiger partial charge in [0.15, 0.2) is 0 Å². The molecular formula is C17H32. The molecule has 100 valence electrons. The standard InChI is InChI=1S/2C8H14.CH4/c2*1-5-6-7-8(2,3)4;/h2*5H2,1-4H3;1H4. The van der Waals surface area contributed by atoms with Crippen LogP contribution in [-0.4, -0.2) is 0 Å². The highest BCUT2D eigenvalue weighted by atomic mass is 14.1. The van der Waals surface area contributed by atoms with E-state index in [2.05, 4.69) is 79.1 Å². The van der Waals surface area contributed by atoms with Gasteiger partial charge in [0, 0.05) is 23.7 Å². The van der Waals surface area contributed by atoms with Crippen LogP contribution in [0.3, 0.4) is 0 Å². The van der Waals surface area contributed by atoms with Gasteiger partial charge in [-0.05, 0) is 41.5 Å². The monoisotopic (exact) mass is 236 g/mol. The first-order valence-corrected chi connectivity index (χ1v) is 6.12. The van der Waals surface area contributed by atoms with E-state index < -0.39 is 0 Å². The van der Waals surface area contributed by atoms with Gasteiger partial charge in [0.2, 0.25) is 0 Å². The van der Waals surface area contributed by atoms with Gasteiger partial charge in [-0.25, -0.2) is 0 Å². The van der Waals surface area contributed by atoms with Crippen LogP contribution < -0.4 is 0 Å². The third-order valence-electron chi connectivity index (χ3n) is 1.28. The van der Waals surface area contributed by atoms with Gasteiger partial charge in [0.1, 0.15) is 0 Å². The molecule has 0 bridgehead atoms. The van der Waals surface area contributed by atoms with Gasteiger partial charge in [-0.2, -0.15) is 0 Å². The van der Waals surface area contributed by atoms with Gasteiger partial charge in [-0.3, -0.25) is 0 Å². The lowest BCUT2D eigenvalue weighted by Crippen LogP contribution is -1.98. The maximum atomic E-state index is 3.12. The van der Waals surface area contributed by atoms with E-state index in [1.54, 1.807) is 0 Å². The molecule has 0 aliphatic rings. The zero-order chi connectivity index (χ0) is 13.2. The van der Waals surface area contributed by atoms with E-state index in [1.807, 2.05) is 0 Å². The molecule has 0 radical (unpaired) electrons. The Morgan fingerprint density at radius 3 is 0.941 bits per heavy atom. The molecule has 0 atom stereocenters. The molecule has 0 heterocycles. The van der Waals surface area contributed by atoms with Crippen molar-refractivity contribution in [3.63, 3.8) is 0 Å². The van der Waals surface area contributed by atoms with E-state index in [9.17, 15) is 0 Å². The summed E-state index contributed by atoms with van der Waals surface area (Å²) in [5, 5.41) is 0. The fourth-order valence-corrected chi connectivity index (χ4v) is 0.707. The molecule has 0 rings (SSSR count). The predicted molar refractivity (Wildman–Crippen MR) is 81.8 cm³/mol. The quantitative estimate of drug-likeness (QED) is 0.485. The van der Waals surface area contributed by atoms with Crippen LogP contribution in [0.15, 0.2) is 0 Å². The Hall–Kier alpha value is -0.880. The summed E-state index contributed by atoms with van der Waals surface area (Å²) >= 11 is 0. The van der Waals surface area contributed by atoms with Crippen LogP contribution in [0.2, 0.25) is 0 Å². The lowest BCUT2D eigenvalue weighted by atomic mass is 9.98. The molecule has 0 amide bonds. The highest BCUT2D eigenvalue weighted by Gasteiger charge is 2.02. The van der Waals surface area contributed by atoms with Crippen molar-refractivity contribution in [3.8, 4) is 23.7 Å². The van der Waals surface area contributed by atoms with E-state index in [1.165, 1.54) is 0 Å². The molecule has 0 saturated heterocycles. The fourth-order valence-electron chi connectivity index (χ4n) is 0.707. The van der Waals surface area contributed by atoms with Crippen molar-refractivity contribution in [2.75, 3.05) is 0 Å². The molecule has 0 aromatic heterocycles. The summed E-state index contributed by atoms with van der Waals surface area (Å²) in [6.07, 6.45) is 1.94. The summed E-state index contributed by atoms with van der Waals surface area (Å²) in [6, 6.07) is 0. The molecule has 0 aliphatic carbocycles. The van der Waals surface area contributed by atoms with Crippen LogP contribution in [0.1, 0.15) is 75.7 Å². The Balaban J connectivity index is -0.000000218. The second-order valence-corrected chi connectivity index (χ2v) is 5.81. The third-order valence-corrected chi connectivity index (χ3v) is 1.28. The van der Waals surface area contributed by atoms with E-state index in [-0.39, 0.29) is 18.3 Å².